The summed E-state index contributed by atoms with van der Waals surface area (Å²) in [4.78, 5) is 8.14. The minimum Gasteiger partial charge on any atom is -0.227 e. The van der Waals surface area contributed by atoms with Gasteiger partial charge in [0.15, 0.2) is 0 Å². The Morgan fingerprint density at radius 2 is 2.17 bits per heavy atom. The summed E-state index contributed by atoms with van der Waals surface area (Å²) in [5.74, 6) is 0.985. The Morgan fingerprint density at radius 3 is 2.67 bits per heavy atom. The Kier molecular flexibility index (Phi) is 1.14. The van der Waals surface area contributed by atoms with Crippen LogP contribution in [0.25, 0.3) is 0 Å². The highest BCUT2D eigenvalue weighted by atomic mass is 35.5. The van der Waals surface area contributed by atoms with E-state index in [1.165, 1.54) is 19.3 Å². The molecule has 0 N–H and O–H groups in total. The highest BCUT2D eigenvalue weighted by Gasteiger charge is 2.58. The Hall–Kier alpha value is -0.630. The molecule has 3 heteroatoms. The second-order valence-corrected chi connectivity index (χ2v) is 4.31. The van der Waals surface area contributed by atoms with E-state index in [9.17, 15) is 0 Å². The van der Waals surface area contributed by atoms with Crippen molar-refractivity contribution in [2.45, 2.75) is 24.7 Å². The van der Waals surface area contributed by atoms with E-state index in [1.54, 1.807) is 6.20 Å². The first-order chi connectivity index (χ1) is 5.78. The van der Waals surface area contributed by atoms with Gasteiger partial charge >= 0.3 is 0 Å². The van der Waals surface area contributed by atoms with Crippen molar-refractivity contribution in [3.63, 3.8) is 0 Å². The lowest BCUT2D eigenvalue weighted by molar-refractivity contribution is -0.0309. The monoisotopic (exact) mass is 180 g/mol. The largest absolute Gasteiger partial charge is 0.227 e. The Bertz CT molecular complexity index is 320. The topological polar surface area (TPSA) is 25.8 Å². The first-order valence-corrected chi connectivity index (χ1v) is 4.65. The number of hydrogen-bond donors (Lipinski definition) is 0. The number of halogens is 1. The van der Waals surface area contributed by atoms with Crippen molar-refractivity contribution in [3.8, 4) is 0 Å². The average molecular weight is 181 g/mol. The quantitative estimate of drug-likeness (QED) is 0.620. The zero-order chi connectivity index (χ0) is 8.18. The molecule has 0 radical (unpaired) electrons. The predicted octanol–water partition coefficient (Wildman–Crippen LogP) is 2.18. The molecule has 2 bridgehead atoms. The predicted molar refractivity (Wildman–Crippen MR) is 46.1 cm³/mol. The van der Waals surface area contributed by atoms with Gasteiger partial charge < -0.3 is 0 Å². The molecule has 3 saturated carbocycles. The van der Waals surface area contributed by atoms with Crippen molar-refractivity contribution in [3.05, 3.63) is 23.2 Å². The SMILES string of the molecule is Clc1nccc(C23CC(C2)C3)n1. The molecule has 3 aliphatic carbocycles. The fraction of sp³-hybridized carbons (Fsp3) is 0.556. The van der Waals surface area contributed by atoms with Gasteiger partial charge in [-0.05, 0) is 42.8 Å². The van der Waals surface area contributed by atoms with E-state index < -0.39 is 0 Å². The average Bonchev–Trinajstić information content (AvgIpc) is 1.79. The highest BCUT2D eigenvalue weighted by molar-refractivity contribution is 6.28. The Balaban J connectivity index is 2.01. The summed E-state index contributed by atoms with van der Waals surface area (Å²) < 4.78 is 0. The Labute approximate surface area is 76.0 Å². The van der Waals surface area contributed by atoms with Crippen molar-refractivity contribution in [1.29, 1.82) is 0 Å². The molecule has 1 heterocycles. The van der Waals surface area contributed by atoms with E-state index in [1.807, 2.05) is 6.07 Å². The van der Waals surface area contributed by atoms with Crippen LogP contribution in [0.5, 0.6) is 0 Å². The van der Waals surface area contributed by atoms with Gasteiger partial charge in [0.05, 0.1) is 5.69 Å². The summed E-state index contributed by atoms with van der Waals surface area (Å²) in [6.07, 6.45) is 5.71. The van der Waals surface area contributed by atoms with Crippen LogP contribution in [0.4, 0.5) is 0 Å². The van der Waals surface area contributed by atoms with Crippen molar-refractivity contribution in [2.24, 2.45) is 5.92 Å². The van der Waals surface area contributed by atoms with Crippen LogP contribution in [0.1, 0.15) is 25.0 Å². The third-order valence-corrected chi connectivity index (χ3v) is 3.39. The molecule has 0 atom stereocenters. The van der Waals surface area contributed by atoms with Crippen LogP contribution >= 0.6 is 11.6 Å². The fourth-order valence-corrected chi connectivity index (χ4v) is 2.57. The van der Waals surface area contributed by atoms with Crippen LogP contribution in [0.15, 0.2) is 12.3 Å². The lowest BCUT2D eigenvalue weighted by Crippen LogP contribution is -2.55. The summed E-state index contributed by atoms with van der Waals surface area (Å²) in [5.41, 5.74) is 1.57. The lowest BCUT2D eigenvalue weighted by Gasteiger charge is -2.61. The van der Waals surface area contributed by atoms with Crippen LogP contribution in [0, 0.1) is 5.92 Å². The van der Waals surface area contributed by atoms with E-state index in [0.29, 0.717) is 10.7 Å². The number of nitrogens with zero attached hydrogens (tertiary/aromatic N) is 2. The van der Waals surface area contributed by atoms with Crippen LogP contribution < -0.4 is 0 Å². The molecule has 0 aliphatic heterocycles. The highest BCUT2D eigenvalue weighted by Crippen LogP contribution is 2.64. The zero-order valence-corrected chi connectivity index (χ0v) is 7.38. The third-order valence-electron chi connectivity index (χ3n) is 3.21. The second kappa shape index (κ2) is 1.99. The Morgan fingerprint density at radius 1 is 1.42 bits per heavy atom. The maximum Gasteiger partial charge on any atom is 0.222 e. The van der Waals surface area contributed by atoms with Gasteiger partial charge in [-0.3, -0.25) is 0 Å². The van der Waals surface area contributed by atoms with Gasteiger partial charge in [0.2, 0.25) is 5.28 Å². The summed E-state index contributed by atoms with van der Waals surface area (Å²) in [6, 6.07) is 2.00. The molecule has 3 fully saturated rings. The van der Waals surface area contributed by atoms with Gasteiger partial charge in [0.1, 0.15) is 0 Å². The molecule has 0 amide bonds. The van der Waals surface area contributed by atoms with E-state index >= 15 is 0 Å². The molecule has 62 valence electrons. The molecule has 3 aliphatic rings. The zero-order valence-electron chi connectivity index (χ0n) is 6.63. The maximum atomic E-state index is 5.73. The summed E-state index contributed by atoms with van der Waals surface area (Å²) in [7, 11) is 0. The normalized spacial score (nSPS) is 36.9. The third kappa shape index (κ3) is 0.712. The first-order valence-electron chi connectivity index (χ1n) is 4.28. The number of rotatable bonds is 1. The molecule has 2 nitrogen and oxygen atoms in total. The van der Waals surface area contributed by atoms with Crippen LogP contribution in [-0.4, -0.2) is 9.97 Å². The van der Waals surface area contributed by atoms with Gasteiger partial charge in [-0.2, -0.15) is 0 Å². The molecule has 1 aromatic heterocycles. The molecule has 0 saturated heterocycles. The summed E-state index contributed by atoms with van der Waals surface area (Å²) in [5, 5.41) is 0.386. The molecule has 0 aromatic carbocycles. The summed E-state index contributed by atoms with van der Waals surface area (Å²) in [6.45, 7) is 0. The van der Waals surface area contributed by atoms with Gasteiger partial charge in [0, 0.05) is 11.6 Å². The van der Waals surface area contributed by atoms with Crippen molar-refractivity contribution >= 4 is 11.6 Å². The van der Waals surface area contributed by atoms with Crippen LogP contribution in [0.2, 0.25) is 5.28 Å². The van der Waals surface area contributed by atoms with Gasteiger partial charge in [-0.1, -0.05) is 0 Å². The van der Waals surface area contributed by atoms with E-state index in [0.717, 1.165) is 11.6 Å². The van der Waals surface area contributed by atoms with Crippen molar-refractivity contribution < 1.29 is 0 Å². The van der Waals surface area contributed by atoms with E-state index in [4.69, 9.17) is 11.6 Å². The lowest BCUT2D eigenvalue weighted by atomic mass is 9.43. The van der Waals surface area contributed by atoms with E-state index in [2.05, 4.69) is 9.97 Å². The number of hydrogen-bond acceptors (Lipinski definition) is 2. The minimum atomic E-state index is 0.386. The minimum absolute atomic E-state index is 0.386. The number of aromatic nitrogens is 2. The standard InChI is InChI=1S/C9H9ClN2/c10-8-11-2-1-7(12-8)9-3-6(4-9)5-9/h1-2,6H,3-5H2. The van der Waals surface area contributed by atoms with Gasteiger partial charge in [0.25, 0.3) is 0 Å². The van der Waals surface area contributed by atoms with Crippen molar-refractivity contribution in [1.82, 2.24) is 9.97 Å². The molecular weight excluding hydrogens is 172 g/mol. The van der Waals surface area contributed by atoms with Crippen LogP contribution in [0.3, 0.4) is 0 Å². The molecule has 1 aromatic rings. The second-order valence-electron chi connectivity index (χ2n) is 3.97. The smallest absolute Gasteiger partial charge is 0.222 e. The molecular formula is C9H9ClN2. The molecule has 0 unspecified atom stereocenters. The molecule has 0 spiro atoms. The van der Waals surface area contributed by atoms with E-state index in [-0.39, 0.29) is 0 Å². The van der Waals surface area contributed by atoms with Crippen molar-refractivity contribution in [2.75, 3.05) is 0 Å². The maximum absolute atomic E-state index is 5.73. The molecule has 12 heavy (non-hydrogen) atoms. The van der Waals surface area contributed by atoms with Gasteiger partial charge in [-0.15, -0.1) is 0 Å². The van der Waals surface area contributed by atoms with Gasteiger partial charge in [-0.25, -0.2) is 9.97 Å². The fourth-order valence-electron chi connectivity index (χ4n) is 2.42. The van der Waals surface area contributed by atoms with Crippen LogP contribution in [-0.2, 0) is 5.41 Å². The molecule has 4 rings (SSSR count). The summed E-state index contributed by atoms with van der Waals surface area (Å²) >= 11 is 5.73. The first kappa shape index (κ1) is 6.84.